The zero-order valence-corrected chi connectivity index (χ0v) is 17.2. The predicted octanol–water partition coefficient (Wildman–Crippen LogP) is 5.91. The van der Waals surface area contributed by atoms with E-state index in [1.807, 2.05) is 44.2 Å². The summed E-state index contributed by atoms with van der Waals surface area (Å²) in [5.74, 6) is 0. The number of anilines is 3. The van der Waals surface area contributed by atoms with Crippen molar-refractivity contribution >= 4 is 51.9 Å². The second-order valence-electron chi connectivity index (χ2n) is 6.57. The van der Waals surface area contributed by atoms with Crippen molar-refractivity contribution in [3.63, 3.8) is 0 Å². The van der Waals surface area contributed by atoms with Crippen LogP contribution in [-0.2, 0) is 0 Å². The molecular weight excluding hydrogens is 384 g/mol. The minimum Gasteiger partial charge on any atom is -0.354 e. The summed E-state index contributed by atoms with van der Waals surface area (Å²) < 4.78 is 0. The minimum absolute atomic E-state index is 0.463. The number of benzene rings is 3. The standard InChI is InChI=1S/C22H20N4S2/c1-14-6-5-7-17(12-14)23-22(27)26-25-15(2)16-10-11-21-19(13-16)24-18-8-3-4-9-20(18)28-21/h3-13,24H,1-2H3,(H2,23,26,27)/b25-15+. The number of thiocarbonyl (C=S) groups is 1. The van der Waals surface area contributed by atoms with Gasteiger partial charge in [-0.2, -0.15) is 5.10 Å². The van der Waals surface area contributed by atoms with Crippen LogP contribution in [-0.4, -0.2) is 10.8 Å². The van der Waals surface area contributed by atoms with E-state index in [0.717, 1.165) is 28.3 Å². The summed E-state index contributed by atoms with van der Waals surface area (Å²) in [4.78, 5) is 2.45. The number of rotatable bonds is 3. The van der Waals surface area contributed by atoms with Crippen LogP contribution in [0.2, 0.25) is 0 Å². The van der Waals surface area contributed by atoms with E-state index in [1.165, 1.54) is 15.4 Å². The lowest BCUT2D eigenvalue weighted by Crippen LogP contribution is -2.25. The molecular formula is C22H20N4S2. The first kappa shape index (κ1) is 18.5. The number of fused-ring (bicyclic) bond motifs is 2. The van der Waals surface area contributed by atoms with E-state index in [2.05, 4.69) is 57.6 Å². The van der Waals surface area contributed by atoms with Crippen LogP contribution in [0.3, 0.4) is 0 Å². The molecule has 0 bridgehead atoms. The molecule has 0 saturated carbocycles. The highest BCUT2D eigenvalue weighted by Gasteiger charge is 2.15. The van der Waals surface area contributed by atoms with Crippen LogP contribution in [0.5, 0.6) is 0 Å². The van der Waals surface area contributed by atoms with E-state index in [1.54, 1.807) is 11.8 Å². The predicted molar refractivity (Wildman–Crippen MR) is 123 cm³/mol. The van der Waals surface area contributed by atoms with Gasteiger partial charge in [0.05, 0.1) is 17.1 Å². The number of hydrogen-bond acceptors (Lipinski definition) is 4. The Morgan fingerprint density at radius 3 is 2.64 bits per heavy atom. The third-order valence-electron chi connectivity index (χ3n) is 4.37. The number of para-hydroxylation sites is 1. The van der Waals surface area contributed by atoms with Gasteiger partial charge in [-0.15, -0.1) is 0 Å². The van der Waals surface area contributed by atoms with Crippen LogP contribution >= 0.6 is 24.0 Å². The largest absolute Gasteiger partial charge is 0.354 e. The molecule has 28 heavy (non-hydrogen) atoms. The van der Waals surface area contributed by atoms with Crippen LogP contribution in [0.1, 0.15) is 18.1 Å². The average molecular weight is 405 g/mol. The number of hydrogen-bond donors (Lipinski definition) is 3. The highest BCUT2D eigenvalue weighted by molar-refractivity contribution is 7.99. The van der Waals surface area contributed by atoms with Gasteiger partial charge in [0.15, 0.2) is 5.11 Å². The monoisotopic (exact) mass is 404 g/mol. The maximum Gasteiger partial charge on any atom is 0.191 e. The van der Waals surface area contributed by atoms with Crippen LogP contribution in [0.4, 0.5) is 17.1 Å². The molecule has 0 fully saturated rings. The lowest BCUT2D eigenvalue weighted by molar-refractivity contribution is 1.04. The minimum atomic E-state index is 0.463. The van der Waals surface area contributed by atoms with Crippen molar-refractivity contribution in [2.75, 3.05) is 10.6 Å². The molecule has 0 aromatic heterocycles. The van der Waals surface area contributed by atoms with Crippen molar-refractivity contribution in [1.29, 1.82) is 0 Å². The fourth-order valence-electron chi connectivity index (χ4n) is 2.95. The summed E-state index contributed by atoms with van der Waals surface area (Å²) in [6.07, 6.45) is 0. The normalized spacial score (nSPS) is 12.4. The molecule has 4 nitrogen and oxygen atoms in total. The van der Waals surface area contributed by atoms with Gasteiger partial charge in [-0.05, 0) is 73.6 Å². The van der Waals surface area contributed by atoms with Crippen LogP contribution in [0.25, 0.3) is 0 Å². The number of nitrogens with one attached hydrogen (secondary N) is 3. The maximum absolute atomic E-state index is 5.34. The first-order valence-electron chi connectivity index (χ1n) is 8.95. The van der Waals surface area contributed by atoms with E-state index >= 15 is 0 Å². The molecule has 0 saturated heterocycles. The second-order valence-corrected chi connectivity index (χ2v) is 8.06. The third kappa shape index (κ3) is 4.18. The summed E-state index contributed by atoms with van der Waals surface area (Å²) >= 11 is 7.12. The van der Waals surface area contributed by atoms with Crippen LogP contribution < -0.4 is 16.1 Å². The van der Waals surface area contributed by atoms with E-state index in [0.29, 0.717) is 5.11 Å². The molecule has 3 aromatic carbocycles. The molecule has 140 valence electrons. The molecule has 4 rings (SSSR count). The van der Waals surface area contributed by atoms with Crippen LogP contribution in [0, 0.1) is 6.92 Å². The first-order valence-corrected chi connectivity index (χ1v) is 10.2. The molecule has 0 amide bonds. The zero-order chi connectivity index (χ0) is 19.5. The fourth-order valence-corrected chi connectivity index (χ4v) is 4.08. The Kier molecular flexibility index (Phi) is 5.32. The summed E-state index contributed by atoms with van der Waals surface area (Å²) in [6, 6.07) is 22.7. The molecule has 3 aromatic rings. The van der Waals surface area contributed by atoms with Gasteiger partial charge in [-0.3, -0.25) is 5.43 Å². The summed E-state index contributed by atoms with van der Waals surface area (Å²) in [7, 11) is 0. The fraction of sp³-hybridized carbons (Fsp3) is 0.0909. The van der Waals surface area contributed by atoms with Gasteiger partial charge in [-0.1, -0.05) is 42.1 Å². The smallest absolute Gasteiger partial charge is 0.191 e. The Morgan fingerprint density at radius 1 is 0.964 bits per heavy atom. The lowest BCUT2D eigenvalue weighted by atomic mass is 10.1. The molecule has 1 aliphatic heterocycles. The van der Waals surface area contributed by atoms with E-state index in [-0.39, 0.29) is 0 Å². The van der Waals surface area contributed by atoms with Gasteiger partial charge in [-0.25, -0.2) is 0 Å². The molecule has 0 aliphatic carbocycles. The first-order chi connectivity index (χ1) is 13.6. The third-order valence-corrected chi connectivity index (χ3v) is 5.72. The summed E-state index contributed by atoms with van der Waals surface area (Å²) in [6.45, 7) is 4.01. The van der Waals surface area contributed by atoms with Crippen molar-refractivity contribution in [3.05, 3.63) is 77.9 Å². The van der Waals surface area contributed by atoms with Crippen molar-refractivity contribution in [2.24, 2.45) is 5.10 Å². The SMILES string of the molecule is C/C(=N\NC(=S)Nc1cccc(C)c1)c1ccc2c(c1)Nc1ccccc1S2. The van der Waals surface area contributed by atoms with Gasteiger partial charge >= 0.3 is 0 Å². The molecule has 3 N–H and O–H groups in total. The van der Waals surface area contributed by atoms with Crippen LogP contribution in [0.15, 0.2) is 81.6 Å². The van der Waals surface area contributed by atoms with Gasteiger partial charge < -0.3 is 10.6 Å². The van der Waals surface area contributed by atoms with Gasteiger partial charge in [0.25, 0.3) is 0 Å². The summed E-state index contributed by atoms with van der Waals surface area (Å²) in [5.41, 5.74) is 9.17. The Bertz CT molecular complexity index is 1080. The Balaban J connectivity index is 1.45. The highest BCUT2D eigenvalue weighted by atomic mass is 32.2. The Labute approximate surface area is 174 Å². The molecule has 0 unspecified atom stereocenters. The molecule has 1 aliphatic rings. The average Bonchev–Trinajstić information content (AvgIpc) is 2.70. The number of nitrogens with zero attached hydrogens (tertiary/aromatic N) is 1. The van der Waals surface area contributed by atoms with Gasteiger partial charge in [0, 0.05) is 15.5 Å². The number of aryl methyl sites for hydroxylation is 1. The van der Waals surface area contributed by atoms with Crippen molar-refractivity contribution < 1.29 is 0 Å². The topological polar surface area (TPSA) is 48.5 Å². The molecule has 0 atom stereocenters. The lowest BCUT2D eigenvalue weighted by Gasteiger charge is -2.21. The maximum atomic E-state index is 5.34. The highest BCUT2D eigenvalue weighted by Crippen LogP contribution is 2.44. The number of hydrazone groups is 1. The van der Waals surface area contributed by atoms with Crippen molar-refractivity contribution in [3.8, 4) is 0 Å². The zero-order valence-electron chi connectivity index (χ0n) is 15.6. The summed E-state index contributed by atoms with van der Waals surface area (Å²) in [5, 5.41) is 11.6. The van der Waals surface area contributed by atoms with Gasteiger partial charge in [0.2, 0.25) is 0 Å². The Morgan fingerprint density at radius 2 is 1.79 bits per heavy atom. The molecule has 1 heterocycles. The molecule has 0 spiro atoms. The second kappa shape index (κ2) is 8.04. The quantitative estimate of drug-likeness (QED) is 0.225. The van der Waals surface area contributed by atoms with Gasteiger partial charge in [0.1, 0.15) is 0 Å². The van der Waals surface area contributed by atoms with Crippen molar-refractivity contribution in [1.82, 2.24) is 5.43 Å². The van der Waals surface area contributed by atoms with E-state index in [9.17, 15) is 0 Å². The molecule has 6 heteroatoms. The Hall–Kier alpha value is -2.83. The molecule has 0 radical (unpaired) electrons. The van der Waals surface area contributed by atoms with E-state index < -0.39 is 0 Å². The van der Waals surface area contributed by atoms with Crippen molar-refractivity contribution in [2.45, 2.75) is 23.6 Å². The van der Waals surface area contributed by atoms with E-state index in [4.69, 9.17) is 12.2 Å².